The van der Waals surface area contributed by atoms with Gasteiger partial charge in [0.05, 0.1) is 0 Å². The maximum absolute atomic E-state index is 10.9. The van der Waals surface area contributed by atoms with Gasteiger partial charge in [-0.05, 0) is 12.8 Å². The van der Waals surface area contributed by atoms with E-state index in [-0.39, 0.29) is 47.8 Å². The molecule has 0 heterocycles. The first-order chi connectivity index (χ1) is 5.78. The second-order valence-electron chi connectivity index (χ2n) is 2.38. The van der Waals surface area contributed by atoms with Crippen molar-refractivity contribution in [2.24, 2.45) is 0 Å². The summed E-state index contributed by atoms with van der Waals surface area (Å²) in [5.74, 6) is -6.22. The Morgan fingerprint density at radius 1 is 0.867 bits per heavy atom. The van der Waals surface area contributed by atoms with Crippen LogP contribution in [-0.2, 0) is 14.4 Å². The summed E-state index contributed by atoms with van der Waals surface area (Å²) in [6.07, 6.45) is -2.94. The van der Waals surface area contributed by atoms with Crippen LogP contribution in [0.5, 0.6) is 0 Å². The predicted octanol–water partition coefficient (Wildman–Crippen LogP) is -6.65. The summed E-state index contributed by atoms with van der Waals surface area (Å²) >= 11 is 0. The standard InChI is InChI=1S/C6H7O7.2Sn/c7-3(8)1-6(13,5(11)12)2-4(9)10;;/h1-2H2,(H,7,8)(H,9,10)(H,11,12);;/q-1;2*+2/p-3. The molecule has 0 amide bonds. The average Bonchev–Trinajstić information content (AvgIpc) is 1.82. The van der Waals surface area contributed by atoms with Crippen LogP contribution in [0.4, 0.5) is 0 Å². The van der Waals surface area contributed by atoms with E-state index in [2.05, 4.69) is 0 Å². The zero-order chi connectivity index (χ0) is 10.6. The van der Waals surface area contributed by atoms with Crippen LogP contribution in [0.1, 0.15) is 12.8 Å². The molecule has 0 saturated carbocycles. The van der Waals surface area contributed by atoms with Gasteiger partial charge in [0.2, 0.25) is 0 Å². The Kier molecular flexibility index (Phi) is 11.1. The monoisotopic (exact) mass is 428 g/mol. The molecule has 0 aromatic rings. The zero-order valence-corrected chi connectivity index (χ0v) is 13.0. The van der Waals surface area contributed by atoms with Crippen LogP contribution in [-0.4, -0.2) is 71.3 Å². The Morgan fingerprint density at radius 3 is 1.27 bits per heavy atom. The maximum Gasteiger partial charge on any atom is 2.00 e. The summed E-state index contributed by atoms with van der Waals surface area (Å²) in [5.41, 5.74) is -3.22. The number of aliphatic carboxylic acids is 3. The van der Waals surface area contributed by atoms with Crippen LogP contribution >= 0.6 is 0 Å². The Morgan fingerprint density at radius 2 is 1.13 bits per heavy atom. The van der Waals surface area contributed by atoms with Crippen molar-refractivity contribution in [1.29, 1.82) is 0 Å². The fraction of sp³-hybridized carbons (Fsp3) is 0.500. The number of carboxylic acids is 3. The third-order valence-electron chi connectivity index (χ3n) is 1.23. The molecule has 0 aliphatic rings. The van der Waals surface area contributed by atoms with Crippen molar-refractivity contribution in [3.63, 3.8) is 0 Å². The minimum absolute atomic E-state index is 0. The number of carbonyl (C=O) groups is 3. The van der Waals surface area contributed by atoms with Gasteiger partial charge in [0, 0.05) is 17.9 Å². The van der Waals surface area contributed by atoms with Gasteiger partial charge in [0.15, 0.2) is 0 Å². The van der Waals surface area contributed by atoms with Gasteiger partial charge >= 0.3 is 47.8 Å². The SMILES string of the molecule is O=C([O-])CC([O-])(CC(=O)[O-])C(=O)[O-].[Sn+2].[Sn+2]. The van der Waals surface area contributed by atoms with Gasteiger partial charge in [0.1, 0.15) is 0 Å². The second-order valence-corrected chi connectivity index (χ2v) is 2.38. The smallest absolute Gasteiger partial charge is 0.845 e. The van der Waals surface area contributed by atoms with E-state index in [1.54, 1.807) is 0 Å². The number of hydrogen-bond acceptors (Lipinski definition) is 7. The molecule has 0 aliphatic heterocycles. The maximum atomic E-state index is 10.9. The normalized spacial score (nSPS) is 9.40. The molecule has 0 spiro atoms. The van der Waals surface area contributed by atoms with Crippen LogP contribution in [0.3, 0.4) is 0 Å². The molecule has 0 aromatic carbocycles. The van der Waals surface area contributed by atoms with Crippen molar-refractivity contribution < 1.29 is 34.8 Å². The van der Waals surface area contributed by atoms with Crippen LogP contribution in [0.25, 0.3) is 0 Å². The molecule has 0 fully saturated rings. The summed E-state index contributed by atoms with van der Waals surface area (Å²) in [6, 6.07) is 0. The van der Waals surface area contributed by atoms with E-state index in [9.17, 15) is 34.8 Å². The Hall–Kier alpha value is -0.0326. The molecule has 0 atom stereocenters. The molecule has 7 nitrogen and oxygen atoms in total. The number of rotatable bonds is 5. The topological polar surface area (TPSA) is 143 Å². The van der Waals surface area contributed by atoms with Crippen molar-refractivity contribution in [2.75, 3.05) is 0 Å². The van der Waals surface area contributed by atoms with Gasteiger partial charge in [-0.1, -0.05) is 5.60 Å². The summed E-state index contributed by atoms with van der Waals surface area (Å²) in [6.45, 7) is 0. The third kappa shape index (κ3) is 7.85. The van der Waals surface area contributed by atoms with E-state index in [0.717, 1.165) is 0 Å². The van der Waals surface area contributed by atoms with Crippen LogP contribution in [0.2, 0.25) is 0 Å². The fourth-order valence-corrected chi connectivity index (χ4v) is 0.673. The van der Waals surface area contributed by atoms with Crippen molar-refractivity contribution in [1.82, 2.24) is 0 Å². The molecule has 0 aliphatic carbocycles. The van der Waals surface area contributed by atoms with Crippen molar-refractivity contribution in [3.8, 4) is 0 Å². The molecular weight excluding hydrogens is 421 g/mol. The van der Waals surface area contributed by atoms with Crippen LogP contribution < -0.4 is 20.4 Å². The third-order valence-corrected chi connectivity index (χ3v) is 1.23. The first kappa shape index (κ1) is 20.4. The molecule has 0 N–H and O–H groups in total. The number of hydrogen-bond donors (Lipinski definition) is 0. The molecule has 15 heavy (non-hydrogen) atoms. The largest absolute Gasteiger partial charge is 2.00 e. The van der Waals surface area contributed by atoms with Gasteiger partial charge in [-0.25, -0.2) is 0 Å². The van der Waals surface area contributed by atoms with Crippen molar-refractivity contribution >= 4 is 65.7 Å². The molecule has 0 saturated heterocycles. The van der Waals surface area contributed by atoms with E-state index < -0.39 is 36.4 Å². The van der Waals surface area contributed by atoms with Gasteiger partial charge in [-0.3, -0.25) is 0 Å². The number of carboxylic acid groups (broad SMARTS) is 3. The van der Waals surface area contributed by atoms with Gasteiger partial charge in [-0.15, -0.1) is 0 Å². The van der Waals surface area contributed by atoms with Crippen molar-refractivity contribution in [2.45, 2.75) is 18.4 Å². The zero-order valence-electron chi connectivity index (χ0n) is 7.27. The molecule has 9 heteroatoms. The molecule has 0 bridgehead atoms. The molecular formula is C6H4O7Sn2. The van der Waals surface area contributed by atoms with E-state index >= 15 is 0 Å². The molecule has 0 rings (SSSR count). The first-order valence-corrected chi connectivity index (χ1v) is 3.09. The van der Waals surface area contributed by atoms with Crippen LogP contribution in [0, 0.1) is 0 Å². The first-order valence-electron chi connectivity index (χ1n) is 3.09. The average molecular weight is 426 g/mol. The summed E-state index contributed by atoms with van der Waals surface area (Å²) in [5, 5.41) is 40.8. The van der Waals surface area contributed by atoms with Crippen LogP contribution in [0.15, 0.2) is 0 Å². The van der Waals surface area contributed by atoms with E-state index in [4.69, 9.17) is 0 Å². The Bertz CT molecular complexity index is 236. The van der Waals surface area contributed by atoms with Gasteiger partial charge < -0.3 is 34.8 Å². The Balaban J connectivity index is -0.000000720. The van der Waals surface area contributed by atoms with Crippen molar-refractivity contribution in [3.05, 3.63) is 0 Å². The van der Waals surface area contributed by atoms with E-state index in [1.807, 2.05) is 0 Å². The second kappa shape index (κ2) is 8.16. The van der Waals surface area contributed by atoms with Gasteiger partial charge in [0.25, 0.3) is 0 Å². The molecule has 0 aromatic heterocycles. The summed E-state index contributed by atoms with van der Waals surface area (Å²) in [4.78, 5) is 29.9. The molecule has 78 valence electrons. The number of carbonyl (C=O) groups excluding carboxylic acids is 3. The Labute approximate surface area is 118 Å². The predicted molar refractivity (Wildman–Crippen MR) is 38.5 cm³/mol. The molecule has 4 radical (unpaired) electrons. The minimum atomic E-state index is -3.22. The van der Waals surface area contributed by atoms with Gasteiger partial charge in [-0.2, -0.15) is 0 Å². The van der Waals surface area contributed by atoms with E-state index in [1.165, 1.54) is 0 Å². The summed E-state index contributed by atoms with van der Waals surface area (Å²) in [7, 11) is 0. The minimum Gasteiger partial charge on any atom is -0.845 e. The quantitative estimate of drug-likeness (QED) is 0.398. The summed E-state index contributed by atoms with van der Waals surface area (Å²) < 4.78 is 0. The molecule has 0 unspecified atom stereocenters. The van der Waals surface area contributed by atoms with E-state index in [0.29, 0.717) is 0 Å². The fourth-order valence-electron chi connectivity index (χ4n) is 0.673.